The van der Waals surface area contributed by atoms with E-state index < -0.39 is 9.84 Å². The molecule has 0 spiro atoms. The number of anilines is 1. The molecule has 1 aliphatic heterocycles. The molecule has 2 heterocycles. The van der Waals surface area contributed by atoms with Crippen LogP contribution in [0.4, 0.5) is 5.82 Å². The zero-order valence-electron chi connectivity index (χ0n) is 15.9. The molecule has 1 aromatic carbocycles. The number of amides is 1. The summed E-state index contributed by atoms with van der Waals surface area (Å²) >= 11 is 5.95. The lowest BCUT2D eigenvalue weighted by molar-refractivity contribution is 0.0950. The Hall–Kier alpha value is -2.16. The fourth-order valence-electron chi connectivity index (χ4n) is 3.08. The Kier molecular flexibility index (Phi) is 6.22. The van der Waals surface area contributed by atoms with Crippen LogP contribution in [0.25, 0.3) is 0 Å². The van der Waals surface area contributed by atoms with Gasteiger partial charge in [0.2, 0.25) is 0 Å². The van der Waals surface area contributed by atoms with Gasteiger partial charge in [0.1, 0.15) is 5.82 Å². The van der Waals surface area contributed by atoms with Gasteiger partial charge in [0.05, 0.1) is 9.92 Å². The fraction of sp³-hybridized carbons (Fsp3) is 0.368. The van der Waals surface area contributed by atoms with Gasteiger partial charge in [-0.3, -0.25) is 4.79 Å². The summed E-state index contributed by atoms with van der Waals surface area (Å²) in [5, 5.41) is 2.95. The second-order valence-corrected chi connectivity index (χ2v) is 9.27. The van der Waals surface area contributed by atoms with Crippen molar-refractivity contribution < 1.29 is 13.2 Å². The number of halogens is 1. The van der Waals surface area contributed by atoms with Gasteiger partial charge in [0, 0.05) is 56.3 Å². The third-order valence-corrected chi connectivity index (χ3v) is 6.28. The lowest BCUT2D eigenvalue weighted by atomic mass is 10.2. The number of benzene rings is 1. The molecular formula is C19H23ClN4O3S. The number of rotatable bonds is 5. The first-order chi connectivity index (χ1) is 13.3. The maximum Gasteiger partial charge on any atom is 0.251 e. The molecule has 1 N–H and O–H groups in total. The van der Waals surface area contributed by atoms with E-state index in [4.69, 9.17) is 11.6 Å². The number of piperazine rings is 1. The molecule has 7 nitrogen and oxygen atoms in total. The fourth-order valence-corrected chi connectivity index (χ4v) is 4.38. The lowest BCUT2D eigenvalue weighted by Gasteiger charge is -2.34. The van der Waals surface area contributed by atoms with Crippen LogP contribution in [0.2, 0.25) is 5.02 Å². The number of pyridine rings is 1. The number of hydrogen-bond acceptors (Lipinski definition) is 6. The maximum atomic E-state index is 12.5. The van der Waals surface area contributed by atoms with Gasteiger partial charge in [-0.25, -0.2) is 13.4 Å². The van der Waals surface area contributed by atoms with Crippen molar-refractivity contribution in [3.8, 4) is 0 Å². The van der Waals surface area contributed by atoms with Crippen LogP contribution in [0, 0.1) is 0 Å². The Morgan fingerprint density at radius 3 is 2.61 bits per heavy atom. The summed E-state index contributed by atoms with van der Waals surface area (Å²) in [6.07, 6.45) is 2.81. The average Bonchev–Trinajstić information content (AvgIpc) is 2.66. The van der Waals surface area contributed by atoms with Crippen molar-refractivity contribution in [3.05, 3.63) is 52.7 Å². The van der Waals surface area contributed by atoms with E-state index in [1.54, 1.807) is 6.20 Å². The van der Waals surface area contributed by atoms with Crippen molar-refractivity contribution >= 4 is 33.2 Å². The summed E-state index contributed by atoms with van der Waals surface area (Å²) in [6.45, 7) is 3.97. The second-order valence-electron chi connectivity index (χ2n) is 6.88. The van der Waals surface area contributed by atoms with E-state index in [1.807, 2.05) is 12.1 Å². The van der Waals surface area contributed by atoms with Crippen molar-refractivity contribution in [2.75, 3.05) is 44.4 Å². The van der Waals surface area contributed by atoms with Gasteiger partial charge in [0.15, 0.2) is 9.84 Å². The first-order valence-electron chi connectivity index (χ1n) is 8.91. The van der Waals surface area contributed by atoms with Gasteiger partial charge in [-0.15, -0.1) is 0 Å². The Morgan fingerprint density at radius 1 is 1.21 bits per heavy atom. The number of carbonyl (C=O) groups is 1. The number of carbonyl (C=O) groups excluding carboxylic acids is 1. The molecule has 1 saturated heterocycles. The highest BCUT2D eigenvalue weighted by Crippen LogP contribution is 2.23. The van der Waals surface area contributed by atoms with Gasteiger partial charge in [0.25, 0.3) is 5.91 Å². The highest BCUT2D eigenvalue weighted by molar-refractivity contribution is 7.90. The van der Waals surface area contributed by atoms with E-state index in [0.717, 1.165) is 43.8 Å². The molecule has 1 amide bonds. The third kappa shape index (κ3) is 4.81. The molecule has 2 aromatic rings. The smallest absolute Gasteiger partial charge is 0.251 e. The van der Waals surface area contributed by atoms with E-state index in [0.29, 0.717) is 6.54 Å². The van der Waals surface area contributed by atoms with Crippen LogP contribution in [0.5, 0.6) is 0 Å². The average molecular weight is 423 g/mol. The molecule has 0 aliphatic carbocycles. The van der Waals surface area contributed by atoms with Crippen LogP contribution in [0.3, 0.4) is 0 Å². The monoisotopic (exact) mass is 422 g/mol. The minimum absolute atomic E-state index is 0.0543. The van der Waals surface area contributed by atoms with E-state index in [1.165, 1.54) is 18.2 Å². The van der Waals surface area contributed by atoms with Gasteiger partial charge in [-0.1, -0.05) is 17.7 Å². The van der Waals surface area contributed by atoms with Gasteiger partial charge in [-0.05, 0) is 31.3 Å². The minimum atomic E-state index is -3.51. The Bertz CT molecular complexity index is 973. The van der Waals surface area contributed by atoms with Crippen molar-refractivity contribution in [3.63, 3.8) is 0 Å². The summed E-state index contributed by atoms with van der Waals surface area (Å²) in [5.74, 6) is 0.499. The standard InChI is InChI=1S/C19H23ClN4O3S/c1-23-8-10-24(11-9-23)18-15(4-3-7-21-18)13-22-19(25)14-5-6-16(20)17(12-14)28(2,26)27/h3-7,12H,8-11,13H2,1-2H3,(H,22,25). The minimum Gasteiger partial charge on any atom is -0.354 e. The van der Waals surface area contributed by atoms with Gasteiger partial charge < -0.3 is 15.1 Å². The Balaban J connectivity index is 1.74. The first-order valence-corrected chi connectivity index (χ1v) is 11.2. The number of sulfone groups is 1. The summed E-state index contributed by atoms with van der Waals surface area (Å²) in [5.41, 5.74) is 1.16. The van der Waals surface area contributed by atoms with Crippen molar-refractivity contribution in [1.29, 1.82) is 0 Å². The van der Waals surface area contributed by atoms with Crippen LogP contribution in [-0.4, -0.2) is 63.7 Å². The lowest BCUT2D eigenvalue weighted by Crippen LogP contribution is -2.45. The van der Waals surface area contributed by atoms with Gasteiger partial charge >= 0.3 is 0 Å². The topological polar surface area (TPSA) is 82.6 Å². The second kappa shape index (κ2) is 8.46. The zero-order valence-corrected chi connectivity index (χ0v) is 17.4. The molecule has 9 heteroatoms. The van der Waals surface area contributed by atoms with Crippen LogP contribution in [0.15, 0.2) is 41.4 Å². The van der Waals surface area contributed by atoms with Crippen LogP contribution >= 0.6 is 11.6 Å². The molecule has 0 bridgehead atoms. The summed E-state index contributed by atoms with van der Waals surface area (Å²) in [7, 11) is -1.42. The van der Waals surface area contributed by atoms with E-state index in [-0.39, 0.29) is 21.4 Å². The Labute approximate surface area is 170 Å². The number of nitrogens with zero attached hydrogens (tertiary/aromatic N) is 3. The molecular weight excluding hydrogens is 400 g/mol. The quantitative estimate of drug-likeness (QED) is 0.791. The van der Waals surface area contributed by atoms with Crippen molar-refractivity contribution in [2.45, 2.75) is 11.4 Å². The SMILES string of the molecule is CN1CCN(c2ncccc2CNC(=O)c2ccc(Cl)c(S(C)(=O)=O)c2)CC1. The molecule has 1 aliphatic rings. The third-order valence-electron chi connectivity index (χ3n) is 4.70. The molecule has 3 rings (SSSR count). The molecule has 1 fully saturated rings. The van der Waals surface area contributed by atoms with Crippen molar-refractivity contribution in [1.82, 2.24) is 15.2 Å². The van der Waals surface area contributed by atoms with E-state index in [9.17, 15) is 13.2 Å². The number of aromatic nitrogens is 1. The molecule has 28 heavy (non-hydrogen) atoms. The van der Waals surface area contributed by atoms with Crippen LogP contribution < -0.4 is 10.2 Å². The zero-order chi connectivity index (χ0) is 20.3. The summed E-state index contributed by atoms with van der Waals surface area (Å²) in [6, 6.07) is 8.01. The summed E-state index contributed by atoms with van der Waals surface area (Å²) < 4.78 is 23.6. The molecule has 1 aromatic heterocycles. The highest BCUT2D eigenvalue weighted by atomic mass is 35.5. The van der Waals surface area contributed by atoms with E-state index >= 15 is 0 Å². The molecule has 0 radical (unpaired) electrons. The molecule has 0 unspecified atom stereocenters. The molecule has 150 valence electrons. The summed E-state index contributed by atoms with van der Waals surface area (Å²) in [4.78, 5) is 21.5. The number of hydrogen-bond donors (Lipinski definition) is 1. The molecule has 0 atom stereocenters. The first kappa shape index (κ1) is 20.6. The van der Waals surface area contributed by atoms with Crippen LogP contribution in [-0.2, 0) is 16.4 Å². The van der Waals surface area contributed by atoms with Crippen molar-refractivity contribution in [2.24, 2.45) is 0 Å². The van der Waals surface area contributed by atoms with Crippen LogP contribution in [0.1, 0.15) is 15.9 Å². The van der Waals surface area contributed by atoms with E-state index in [2.05, 4.69) is 27.1 Å². The van der Waals surface area contributed by atoms with Gasteiger partial charge in [-0.2, -0.15) is 0 Å². The number of nitrogens with one attached hydrogen (secondary N) is 1. The Morgan fingerprint density at radius 2 is 1.93 bits per heavy atom. The normalized spacial score (nSPS) is 15.5. The highest BCUT2D eigenvalue weighted by Gasteiger charge is 2.19. The molecule has 0 saturated carbocycles. The predicted molar refractivity (Wildman–Crippen MR) is 110 cm³/mol. The maximum absolute atomic E-state index is 12.5. The largest absolute Gasteiger partial charge is 0.354 e. The predicted octanol–water partition coefficient (Wildman–Crippen LogP) is 1.82. The number of likely N-dealkylation sites (N-methyl/N-ethyl adjacent to an activating group) is 1.